The van der Waals surface area contributed by atoms with Crippen LogP contribution in [0.4, 0.5) is 4.39 Å². The molecule has 1 heterocycles. The lowest BCUT2D eigenvalue weighted by Gasteiger charge is -2.07. The molecule has 1 atom stereocenters. The predicted molar refractivity (Wildman–Crippen MR) is 37.2 cm³/mol. The SMILES string of the molecule is NCCC(F)C1=CCCO1. The number of allylic oxidation sites excluding steroid dienone is 1. The highest BCUT2D eigenvalue weighted by Gasteiger charge is 2.16. The van der Waals surface area contributed by atoms with Crippen molar-refractivity contribution in [1.29, 1.82) is 0 Å². The fourth-order valence-corrected chi connectivity index (χ4v) is 0.944. The second-order valence-corrected chi connectivity index (χ2v) is 2.29. The van der Waals surface area contributed by atoms with Crippen LogP contribution in [0, 0.1) is 0 Å². The van der Waals surface area contributed by atoms with Crippen LogP contribution >= 0.6 is 0 Å². The molecule has 0 bridgehead atoms. The minimum atomic E-state index is -0.979. The van der Waals surface area contributed by atoms with E-state index in [0.29, 0.717) is 25.3 Å². The van der Waals surface area contributed by atoms with Gasteiger partial charge < -0.3 is 10.5 Å². The van der Waals surface area contributed by atoms with Crippen LogP contribution < -0.4 is 5.73 Å². The van der Waals surface area contributed by atoms with E-state index in [-0.39, 0.29) is 0 Å². The molecule has 0 saturated carbocycles. The van der Waals surface area contributed by atoms with Crippen molar-refractivity contribution >= 4 is 0 Å². The molecule has 2 N–H and O–H groups in total. The Bertz CT molecular complexity index is 136. The number of ether oxygens (including phenoxy) is 1. The Morgan fingerprint density at radius 1 is 1.80 bits per heavy atom. The van der Waals surface area contributed by atoms with Gasteiger partial charge in [-0.05, 0) is 19.0 Å². The summed E-state index contributed by atoms with van der Waals surface area (Å²) in [5, 5.41) is 0. The Kier molecular flexibility index (Phi) is 2.68. The van der Waals surface area contributed by atoms with Gasteiger partial charge in [-0.2, -0.15) is 0 Å². The quantitative estimate of drug-likeness (QED) is 0.642. The van der Waals surface area contributed by atoms with Crippen LogP contribution in [0.5, 0.6) is 0 Å². The van der Waals surface area contributed by atoms with Gasteiger partial charge >= 0.3 is 0 Å². The van der Waals surface area contributed by atoms with E-state index >= 15 is 0 Å². The topological polar surface area (TPSA) is 35.2 Å². The summed E-state index contributed by atoms with van der Waals surface area (Å²) in [4.78, 5) is 0. The molecule has 0 aromatic heterocycles. The van der Waals surface area contributed by atoms with Gasteiger partial charge in [-0.15, -0.1) is 0 Å². The molecule has 0 radical (unpaired) electrons. The first-order valence-corrected chi connectivity index (χ1v) is 3.51. The molecule has 0 aromatic carbocycles. The molecular weight excluding hydrogens is 133 g/mol. The van der Waals surface area contributed by atoms with Crippen LogP contribution in [0.3, 0.4) is 0 Å². The first kappa shape index (κ1) is 7.54. The van der Waals surface area contributed by atoms with Gasteiger partial charge in [0.05, 0.1) is 6.61 Å². The minimum Gasteiger partial charge on any atom is -0.495 e. The van der Waals surface area contributed by atoms with Crippen molar-refractivity contribution in [3.05, 3.63) is 11.8 Å². The molecule has 2 nitrogen and oxygen atoms in total. The van der Waals surface area contributed by atoms with Gasteiger partial charge in [-0.1, -0.05) is 0 Å². The summed E-state index contributed by atoms with van der Waals surface area (Å²) in [5.41, 5.74) is 5.17. The van der Waals surface area contributed by atoms with E-state index < -0.39 is 6.17 Å². The van der Waals surface area contributed by atoms with Gasteiger partial charge in [-0.25, -0.2) is 4.39 Å². The monoisotopic (exact) mass is 145 g/mol. The molecule has 0 spiro atoms. The zero-order chi connectivity index (χ0) is 7.40. The zero-order valence-electron chi connectivity index (χ0n) is 5.85. The summed E-state index contributed by atoms with van der Waals surface area (Å²) in [6.07, 6.45) is 2.01. The highest BCUT2D eigenvalue weighted by Crippen LogP contribution is 2.17. The second-order valence-electron chi connectivity index (χ2n) is 2.29. The molecule has 0 amide bonds. The fraction of sp³-hybridized carbons (Fsp3) is 0.714. The van der Waals surface area contributed by atoms with Crippen LogP contribution in [0.25, 0.3) is 0 Å². The first-order chi connectivity index (χ1) is 4.84. The number of rotatable bonds is 3. The molecule has 1 aliphatic heterocycles. The molecule has 0 fully saturated rings. The summed E-state index contributed by atoms with van der Waals surface area (Å²) in [6, 6.07) is 0. The van der Waals surface area contributed by atoms with Gasteiger partial charge in [-0.3, -0.25) is 0 Å². The Labute approximate surface area is 59.9 Å². The summed E-state index contributed by atoms with van der Waals surface area (Å²) >= 11 is 0. The maximum absolute atomic E-state index is 12.8. The average Bonchev–Trinajstić information content (AvgIpc) is 2.38. The minimum absolute atomic E-state index is 0.367. The third-order valence-electron chi connectivity index (χ3n) is 1.46. The number of halogens is 1. The van der Waals surface area contributed by atoms with Crippen LogP contribution in [0.2, 0.25) is 0 Å². The molecule has 3 heteroatoms. The molecule has 0 saturated heterocycles. The Morgan fingerprint density at radius 2 is 2.60 bits per heavy atom. The molecule has 10 heavy (non-hydrogen) atoms. The zero-order valence-corrected chi connectivity index (χ0v) is 5.85. The van der Waals surface area contributed by atoms with Crippen molar-refractivity contribution in [2.24, 2.45) is 5.73 Å². The Balaban J connectivity index is 2.32. The molecular formula is C7H12FNO. The van der Waals surface area contributed by atoms with Crippen LogP contribution in [0.15, 0.2) is 11.8 Å². The highest BCUT2D eigenvalue weighted by atomic mass is 19.1. The van der Waals surface area contributed by atoms with Crippen molar-refractivity contribution in [2.45, 2.75) is 19.0 Å². The van der Waals surface area contributed by atoms with Gasteiger partial charge in [0, 0.05) is 6.42 Å². The number of hydrogen-bond acceptors (Lipinski definition) is 2. The van der Waals surface area contributed by atoms with Gasteiger partial charge in [0.15, 0.2) is 6.17 Å². The summed E-state index contributed by atoms with van der Waals surface area (Å²) in [6.45, 7) is 1.00. The lowest BCUT2D eigenvalue weighted by Crippen LogP contribution is -2.11. The molecule has 58 valence electrons. The van der Waals surface area contributed by atoms with Gasteiger partial charge in [0.25, 0.3) is 0 Å². The van der Waals surface area contributed by atoms with Crippen molar-refractivity contribution in [3.63, 3.8) is 0 Å². The highest BCUT2D eigenvalue weighted by molar-refractivity contribution is 5.03. The van der Waals surface area contributed by atoms with E-state index in [1.807, 2.05) is 0 Å². The summed E-state index contributed by atoms with van der Waals surface area (Å²) in [7, 11) is 0. The smallest absolute Gasteiger partial charge is 0.158 e. The van der Waals surface area contributed by atoms with Crippen molar-refractivity contribution in [3.8, 4) is 0 Å². The standard InChI is InChI=1S/C7H12FNO/c8-6(3-4-9)7-2-1-5-10-7/h2,6H,1,3-5,9H2. The van der Waals surface area contributed by atoms with E-state index in [0.717, 1.165) is 6.42 Å². The van der Waals surface area contributed by atoms with E-state index in [9.17, 15) is 4.39 Å². The van der Waals surface area contributed by atoms with E-state index in [4.69, 9.17) is 10.5 Å². The number of nitrogens with two attached hydrogens (primary N) is 1. The first-order valence-electron chi connectivity index (χ1n) is 3.51. The van der Waals surface area contributed by atoms with E-state index in [1.54, 1.807) is 6.08 Å². The third kappa shape index (κ3) is 1.70. The fourth-order valence-electron chi connectivity index (χ4n) is 0.944. The van der Waals surface area contributed by atoms with Crippen LogP contribution in [-0.4, -0.2) is 19.3 Å². The second kappa shape index (κ2) is 3.56. The van der Waals surface area contributed by atoms with E-state index in [2.05, 4.69) is 0 Å². The number of hydrogen-bond donors (Lipinski definition) is 1. The van der Waals surface area contributed by atoms with Crippen LogP contribution in [-0.2, 0) is 4.74 Å². The Morgan fingerprint density at radius 3 is 3.10 bits per heavy atom. The normalized spacial score (nSPS) is 20.0. The van der Waals surface area contributed by atoms with E-state index in [1.165, 1.54) is 0 Å². The van der Waals surface area contributed by atoms with Crippen molar-refractivity contribution in [2.75, 3.05) is 13.2 Å². The Hall–Kier alpha value is -0.570. The molecule has 0 aromatic rings. The molecule has 1 unspecified atom stereocenters. The molecule has 1 rings (SSSR count). The summed E-state index contributed by atoms with van der Waals surface area (Å²) in [5.74, 6) is 0.477. The maximum Gasteiger partial charge on any atom is 0.158 e. The number of alkyl halides is 1. The summed E-state index contributed by atoms with van der Waals surface area (Å²) < 4.78 is 17.8. The van der Waals surface area contributed by atoms with Crippen LogP contribution in [0.1, 0.15) is 12.8 Å². The largest absolute Gasteiger partial charge is 0.495 e. The average molecular weight is 145 g/mol. The van der Waals surface area contributed by atoms with Gasteiger partial charge in [0.2, 0.25) is 0 Å². The van der Waals surface area contributed by atoms with Crippen molar-refractivity contribution < 1.29 is 9.13 Å². The molecule has 0 aliphatic carbocycles. The maximum atomic E-state index is 12.8. The molecule has 1 aliphatic rings. The lowest BCUT2D eigenvalue weighted by molar-refractivity contribution is 0.176. The predicted octanol–water partition coefficient (Wildman–Crippen LogP) is 0.978. The van der Waals surface area contributed by atoms with Gasteiger partial charge in [0.1, 0.15) is 5.76 Å². The van der Waals surface area contributed by atoms with Crippen molar-refractivity contribution in [1.82, 2.24) is 0 Å². The third-order valence-corrected chi connectivity index (χ3v) is 1.46. The lowest BCUT2D eigenvalue weighted by atomic mass is 10.2.